The molecule has 0 amide bonds. The molecule has 0 radical (unpaired) electrons. The summed E-state index contributed by atoms with van der Waals surface area (Å²) >= 11 is 0. The molecule has 11 aromatic rings. The van der Waals surface area contributed by atoms with Crippen molar-refractivity contribution in [1.82, 2.24) is 4.57 Å². The second-order valence-corrected chi connectivity index (χ2v) is 13.2. The van der Waals surface area contributed by atoms with E-state index in [1.807, 2.05) is 0 Å². The number of rotatable bonds is 4. The number of furan rings is 2. The molecule has 3 heterocycles. The molecular formula is C48H29NO2. The van der Waals surface area contributed by atoms with E-state index in [9.17, 15) is 0 Å². The van der Waals surface area contributed by atoms with E-state index in [0.29, 0.717) is 0 Å². The highest BCUT2D eigenvalue weighted by molar-refractivity contribution is 6.30. The highest BCUT2D eigenvalue weighted by Crippen LogP contribution is 2.51. The van der Waals surface area contributed by atoms with E-state index in [4.69, 9.17) is 8.83 Å². The molecule has 3 nitrogen and oxygen atoms in total. The Morgan fingerprint density at radius 1 is 0.333 bits per heavy atom. The van der Waals surface area contributed by atoms with Gasteiger partial charge in [-0.25, -0.2) is 0 Å². The molecule has 0 N–H and O–H groups in total. The molecule has 0 unspecified atom stereocenters. The van der Waals surface area contributed by atoms with Gasteiger partial charge in [-0.1, -0.05) is 133 Å². The van der Waals surface area contributed by atoms with Gasteiger partial charge in [-0.05, 0) is 64.7 Å². The molecular weight excluding hydrogens is 623 g/mol. The topological polar surface area (TPSA) is 31.2 Å². The first-order valence-electron chi connectivity index (χ1n) is 17.4. The van der Waals surface area contributed by atoms with Crippen molar-refractivity contribution in [3.63, 3.8) is 0 Å². The fourth-order valence-corrected chi connectivity index (χ4v) is 8.19. The molecule has 238 valence electrons. The molecule has 11 rings (SSSR count). The van der Waals surface area contributed by atoms with E-state index in [0.717, 1.165) is 77.4 Å². The summed E-state index contributed by atoms with van der Waals surface area (Å²) in [5.41, 5.74) is 13.4. The van der Waals surface area contributed by atoms with Crippen LogP contribution in [0.15, 0.2) is 185 Å². The minimum Gasteiger partial charge on any atom is -0.452 e. The Labute approximate surface area is 293 Å². The summed E-state index contributed by atoms with van der Waals surface area (Å²) in [7, 11) is 0. The third-order valence-electron chi connectivity index (χ3n) is 10.4. The third-order valence-corrected chi connectivity index (χ3v) is 10.4. The van der Waals surface area contributed by atoms with Gasteiger partial charge < -0.3 is 13.4 Å². The maximum Gasteiger partial charge on any atom is 0.179 e. The summed E-state index contributed by atoms with van der Waals surface area (Å²) in [5.74, 6) is 0. The van der Waals surface area contributed by atoms with Crippen LogP contribution in [0.3, 0.4) is 0 Å². The molecule has 0 aliphatic rings. The van der Waals surface area contributed by atoms with Gasteiger partial charge >= 0.3 is 0 Å². The maximum absolute atomic E-state index is 6.91. The van der Waals surface area contributed by atoms with Crippen molar-refractivity contribution < 1.29 is 8.83 Å². The van der Waals surface area contributed by atoms with Crippen LogP contribution in [0.1, 0.15) is 0 Å². The lowest BCUT2D eigenvalue weighted by Gasteiger charge is -2.15. The van der Waals surface area contributed by atoms with Gasteiger partial charge in [-0.2, -0.15) is 0 Å². The van der Waals surface area contributed by atoms with Crippen molar-refractivity contribution in [2.45, 2.75) is 0 Å². The number of aromatic nitrogens is 1. The zero-order chi connectivity index (χ0) is 33.5. The quantitative estimate of drug-likeness (QED) is 0.190. The zero-order valence-electron chi connectivity index (χ0n) is 27.5. The van der Waals surface area contributed by atoms with Crippen molar-refractivity contribution in [1.29, 1.82) is 0 Å². The first kappa shape index (κ1) is 28.0. The maximum atomic E-state index is 6.91. The zero-order valence-corrected chi connectivity index (χ0v) is 27.5. The van der Waals surface area contributed by atoms with Gasteiger partial charge in [0, 0.05) is 49.1 Å². The average molecular weight is 652 g/mol. The van der Waals surface area contributed by atoms with E-state index in [-0.39, 0.29) is 0 Å². The lowest BCUT2D eigenvalue weighted by Crippen LogP contribution is -1.93. The monoisotopic (exact) mass is 651 g/mol. The summed E-state index contributed by atoms with van der Waals surface area (Å²) in [6, 6.07) is 62.4. The molecule has 0 aliphatic heterocycles. The fourth-order valence-electron chi connectivity index (χ4n) is 8.19. The highest BCUT2D eigenvalue weighted by Gasteiger charge is 2.27. The Balaban J connectivity index is 1.32. The van der Waals surface area contributed by atoms with Crippen LogP contribution in [0.2, 0.25) is 0 Å². The molecule has 8 aromatic carbocycles. The molecule has 0 saturated heterocycles. The van der Waals surface area contributed by atoms with E-state index < -0.39 is 0 Å². The molecule has 0 saturated carbocycles. The van der Waals surface area contributed by atoms with Crippen molar-refractivity contribution in [2.75, 3.05) is 0 Å². The standard InChI is InChI=1S/C48H29NO2/c1-4-14-30(15-5-1)33-24-26-41-37(28-33)45-43(31-16-6-2-7-17-31)44(32-18-8-3-9-19-32)46-38-29-34(25-27-42(38)51-48(46)47(45)50-41)49-39-22-12-10-20-35(39)36-21-11-13-23-40(36)49/h1-29H. The number of nitrogens with zero attached hydrogens (tertiary/aromatic N) is 1. The summed E-state index contributed by atoms with van der Waals surface area (Å²) in [4.78, 5) is 0. The predicted molar refractivity (Wildman–Crippen MR) is 212 cm³/mol. The van der Waals surface area contributed by atoms with Gasteiger partial charge in [0.05, 0.1) is 11.0 Å². The van der Waals surface area contributed by atoms with Crippen LogP contribution in [-0.2, 0) is 0 Å². The molecule has 0 atom stereocenters. The minimum absolute atomic E-state index is 0.760. The van der Waals surface area contributed by atoms with E-state index >= 15 is 0 Å². The van der Waals surface area contributed by atoms with E-state index in [2.05, 4.69) is 180 Å². The summed E-state index contributed by atoms with van der Waals surface area (Å²) in [6.45, 7) is 0. The van der Waals surface area contributed by atoms with Crippen LogP contribution in [0.4, 0.5) is 0 Å². The Bertz CT molecular complexity index is 3060. The molecule has 0 fully saturated rings. The lowest BCUT2D eigenvalue weighted by atomic mass is 9.87. The van der Waals surface area contributed by atoms with Crippen molar-refractivity contribution in [3.05, 3.63) is 176 Å². The number of para-hydroxylation sites is 2. The SMILES string of the molecule is c1ccc(-c2ccc3oc4c5oc6ccc(-n7c8ccccc8c8ccccc87)cc6c5c(-c5ccccc5)c(-c5ccccc5)c4c3c2)cc1. The fraction of sp³-hybridized carbons (Fsp3) is 0. The van der Waals surface area contributed by atoms with Gasteiger partial charge in [0.15, 0.2) is 11.2 Å². The van der Waals surface area contributed by atoms with E-state index in [1.165, 1.54) is 27.4 Å². The van der Waals surface area contributed by atoms with Gasteiger partial charge in [0.25, 0.3) is 0 Å². The molecule has 0 aliphatic carbocycles. The number of benzene rings is 8. The average Bonchev–Trinajstić information content (AvgIpc) is 3.88. The minimum atomic E-state index is 0.760. The first-order chi connectivity index (χ1) is 25.3. The first-order valence-corrected chi connectivity index (χ1v) is 17.4. The van der Waals surface area contributed by atoms with Crippen LogP contribution in [0, 0.1) is 0 Å². The normalized spacial score (nSPS) is 11.9. The van der Waals surface area contributed by atoms with Gasteiger partial charge in [-0.15, -0.1) is 0 Å². The number of hydrogen-bond donors (Lipinski definition) is 0. The Hall–Kier alpha value is -6.84. The second kappa shape index (κ2) is 10.8. The largest absolute Gasteiger partial charge is 0.452 e. The third kappa shape index (κ3) is 4.12. The van der Waals surface area contributed by atoms with Crippen LogP contribution < -0.4 is 0 Å². The molecule has 3 heteroatoms. The Morgan fingerprint density at radius 3 is 1.33 bits per heavy atom. The molecule has 51 heavy (non-hydrogen) atoms. The number of hydrogen-bond acceptors (Lipinski definition) is 2. The van der Waals surface area contributed by atoms with Crippen molar-refractivity contribution in [3.8, 4) is 39.1 Å². The Morgan fingerprint density at radius 2 is 0.784 bits per heavy atom. The lowest BCUT2D eigenvalue weighted by molar-refractivity contribution is 0.633. The van der Waals surface area contributed by atoms with Crippen molar-refractivity contribution >= 4 is 65.7 Å². The molecule has 0 spiro atoms. The van der Waals surface area contributed by atoms with Gasteiger partial charge in [0.1, 0.15) is 11.2 Å². The second-order valence-electron chi connectivity index (χ2n) is 13.2. The smallest absolute Gasteiger partial charge is 0.179 e. The van der Waals surface area contributed by atoms with Crippen molar-refractivity contribution in [2.24, 2.45) is 0 Å². The van der Waals surface area contributed by atoms with Crippen LogP contribution >= 0.6 is 0 Å². The van der Waals surface area contributed by atoms with E-state index in [1.54, 1.807) is 0 Å². The number of fused-ring (bicyclic) bond motifs is 10. The van der Waals surface area contributed by atoms with Crippen LogP contribution in [0.25, 0.3) is 105 Å². The summed E-state index contributed by atoms with van der Waals surface area (Å²) < 4.78 is 16.1. The predicted octanol–water partition coefficient (Wildman–Crippen LogP) is 13.6. The molecule has 0 bridgehead atoms. The van der Waals surface area contributed by atoms with Crippen LogP contribution in [-0.4, -0.2) is 4.57 Å². The molecule has 3 aromatic heterocycles. The van der Waals surface area contributed by atoms with Gasteiger partial charge in [0.2, 0.25) is 0 Å². The summed E-state index contributed by atoms with van der Waals surface area (Å²) in [6.07, 6.45) is 0. The highest BCUT2D eigenvalue weighted by atomic mass is 16.4. The van der Waals surface area contributed by atoms with Crippen LogP contribution in [0.5, 0.6) is 0 Å². The van der Waals surface area contributed by atoms with Gasteiger partial charge in [-0.3, -0.25) is 0 Å². The summed E-state index contributed by atoms with van der Waals surface area (Å²) in [5, 5.41) is 6.69. The Kier molecular flexibility index (Phi) is 5.96.